The van der Waals surface area contributed by atoms with Crippen LogP contribution in [0.15, 0.2) is 51.9 Å². The summed E-state index contributed by atoms with van der Waals surface area (Å²) in [5.41, 5.74) is 0.730. The zero-order valence-corrected chi connectivity index (χ0v) is 18.2. The highest BCUT2D eigenvalue weighted by Gasteiger charge is 2.29. The number of ether oxygens (including phenoxy) is 3. The molecule has 10 heteroatoms. The van der Waals surface area contributed by atoms with Gasteiger partial charge in [0, 0.05) is 11.6 Å². The fourth-order valence-electron chi connectivity index (χ4n) is 3.12. The van der Waals surface area contributed by atoms with E-state index in [1.165, 1.54) is 12.1 Å². The summed E-state index contributed by atoms with van der Waals surface area (Å²) >= 11 is 0. The van der Waals surface area contributed by atoms with E-state index in [0.29, 0.717) is 36.3 Å². The van der Waals surface area contributed by atoms with E-state index < -0.39 is 16.1 Å². The fraction of sp³-hybridized carbons (Fsp3) is 0.333. The second-order valence-corrected chi connectivity index (χ2v) is 9.05. The van der Waals surface area contributed by atoms with Crippen molar-refractivity contribution in [2.45, 2.75) is 24.8 Å². The maximum absolute atomic E-state index is 13.0. The predicted molar refractivity (Wildman–Crippen MR) is 112 cm³/mol. The maximum Gasteiger partial charge on any atom is 0.245 e. The summed E-state index contributed by atoms with van der Waals surface area (Å²) in [4.78, 5) is 4.48. The Bertz CT molecular complexity index is 1160. The number of rotatable bonds is 7. The summed E-state index contributed by atoms with van der Waals surface area (Å²) < 4.78 is 50.3. The van der Waals surface area contributed by atoms with Crippen LogP contribution in [0.4, 0.5) is 0 Å². The molecule has 1 aliphatic heterocycles. The molecule has 0 bridgehead atoms. The average molecular weight is 445 g/mol. The molecule has 9 nitrogen and oxygen atoms in total. The monoisotopic (exact) mass is 445 g/mol. The van der Waals surface area contributed by atoms with Crippen LogP contribution in [0.1, 0.15) is 25.8 Å². The molecule has 0 fully saturated rings. The molecule has 1 atom stereocenters. The molecular formula is C21H23N3O6S. The van der Waals surface area contributed by atoms with Crippen LogP contribution < -0.4 is 18.9 Å². The van der Waals surface area contributed by atoms with E-state index in [1.54, 1.807) is 37.4 Å². The van der Waals surface area contributed by atoms with Crippen molar-refractivity contribution in [1.29, 1.82) is 0 Å². The van der Waals surface area contributed by atoms with E-state index in [-0.39, 0.29) is 16.7 Å². The van der Waals surface area contributed by atoms with Crippen LogP contribution in [0.3, 0.4) is 0 Å². The van der Waals surface area contributed by atoms with Gasteiger partial charge in [-0.3, -0.25) is 0 Å². The lowest BCUT2D eigenvalue weighted by molar-refractivity contribution is 0.171. The van der Waals surface area contributed by atoms with E-state index in [0.717, 1.165) is 5.56 Å². The van der Waals surface area contributed by atoms with Gasteiger partial charge in [0.25, 0.3) is 0 Å². The smallest absolute Gasteiger partial charge is 0.245 e. The first-order chi connectivity index (χ1) is 14.9. The summed E-state index contributed by atoms with van der Waals surface area (Å²) in [6.45, 7) is 4.54. The molecule has 164 valence electrons. The van der Waals surface area contributed by atoms with Crippen LogP contribution in [0.5, 0.6) is 17.2 Å². The van der Waals surface area contributed by atoms with Gasteiger partial charge in [0.1, 0.15) is 25.0 Å². The van der Waals surface area contributed by atoms with Crippen molar-refractivity contribution in [1.82, 2.24) is 14.9 Å². The largest absolute Gasteiger partial charge is 0.497 e. The molecule has 3 aromatic rings. The van der Waals surface area contributed by atoms with Crippen molar-refractivity contribution in [2.75, 3.05) is 20.3 Å². The van der Waals surface area contributed by atoms with Crippen molar-refractivity contribution in [3.63, 3.8) is 0 Å². The molecule has 31 heavy (non-hydrogen) atoms. The third-order valence-electron chi connectivity index (χ3n) is 4.83. The number of sulfonamides is 1. The lowest BCUT2D eigenvalue weighted by Crippen LogP contribution is -2.32. The molecule has 2 aromatic carbocycles. The van der Waals surface area contributed by atoms with Gasteiger partial charge in [-0.05, 0) is 42.3 Å². The van der Waals surface area contributed by atoms with Gasteiger partial charge in [0.15, 0.2) is 11.5 Å². The molecule has 0 saturated heterocycles. The minimum absolute atomic E-state index is 0.0669. The number of aromatic nitrogens is 2. The normalized spacial score (nSPS) is 14.5. The van der Waals surface area contributed by atoms with Crippen molar-refractivity contribution in [3.8, 4) is 28.6 Å². The molecule has 0 radical (unpaired) electrons. The number of benzene rings is 2. The van der Waals surface area contributed by atoms with Crippen LogP contribution in [-0.4, -0.2) is 38.9 Å². The molecule has 0 spiro atoms. The molecular weight excluding hydrogens is 422 g/mol. The molecule has 0 saturated carbocycles. The molecule has 4 rings (SSSR count). The molecule has 0 aliphatic carbocycles. The van der Waals surface area contributed by atoms with Crippen molar-refractivity contribution in [2.24, 2.45) is 5.92 Å². The summed E-state index contributed by atoms with van der Waals surface area (Å²) in [5.74, 6) is 2.03. The summed E-state index contributed by atoms with van der Waals surface area (Å²) in [5, 5.41) is 4.01. The lowest BCUT2D eigenvalue weighted by atomic mass is 10.1. The van der Waals surface area contributed by atoms with E-state index in [1.807, 2.05) is 13.8 Å². The van der Waals surface area contributed by atoms with Gasteiger partial charge < -0.3 is 18.7 Å². The SMILES string of the molecule is COc1ccc(-c2noc([C@@H](NS(=O)(=O)c3ccc4c(c3)OCCO4)C(C)C)n2)cc1. The first-order valence-corrected chi connectivity index (χ1v) is 11.3. The van der Waals surface area contributed by atoms with Gasteiger partial charge >= 0.3 is 0 Å². The summed E-state index contributed by atoms with van der Waals surface area (Å²) in [6, 6.07) is 11.0. The zero-order valence-electron chi connectivity index (χ0n) is 17.4. The van der Waals surface area contributed by atoms with E-state index in [9.17, 15) is 8.42 Å². The van der Waals surface area contributed by atoms with Gasteiger partial charge in [-0.25, -0.2) is 8.42 Å². The Hall–Kier alpha value is -3.11. The van der Waals surface area contributed by atoms with Gasteiger partial charge in [0.05, 0.1) is 12.0 Å². The Kier molecular flexibility index (Phi) is 5.84. The van der Waals surface area contributed by atoms with Crippen molar-refractivity contribution in [3.05, 3.63) is 48.4 Å². The number of hydrogen-bond acceptors (Lipinski definition) is 8. The van der Waals surface area contributed by atoms with Crippen LogP contribution >= 0.6 is 0 Å². The van der Waals surface area contributed by atoms with Gasteiger partial charge in [-0.2, -0.15) is 9.71 Å². The third-order valence-corrected chi connectivity index (χ3v) is 6.27. The Balaban J connectivity index is 1.58. The Labute approximate surface area is 180 Å². The molecule has 0 amide bonds. The van der Waals surface area contributed by atoms with Gasteiger partial charge in [0.2, 0.25) is 21.7 Å². The minimum atomic E-state index is -3.88. The van der Waals surface area contributed by atoms with Crippen LogP contribution in [0.25, 0.3) is 11.4 Å². The molecule has 1 aromatic heterocycles. The molecule has 1 N–H and O–H groups in total. The Morgan fingerprint density at radius 2 is 1.74 bits per heavy atom. The number of fused-ring (bicyclic) bond motifs is 1. The quantitative estimate of drug-likeness (QED) is 0.590. The van der Waals surface area contributed by atoms with Gasteiger partial charge in [-0.15, -0.1) is 0 Å². The van der Waals surface area contributed by atoms with E-state index in [2.05, 4.69) is 14.9 Å². The fourth-order valence-corrected chi connectivity index (χ4v) is 4.47. The lowest BCUT2D eigenvalue weighted by Gasteiger charge is -2.21. The number of hydrogen-bond donors (Lipinski definition) is 1. The van der Waals surface area contributed by atoms with E-state index >= 15 is 0 Å². The van der Waals surface area contributed by atoms with Crippen LogP contribution in [-0.2, 0) is 10.0 Å². The van der Waals surface area contributed by atoms with Gasteiger partial charge in [-0.1, -0.05) is 19.0 Å². The van der Waals surface area contributed by atoms with Crippen LogP contribution in [0.2, 0.25) is 0 Å². The minimum Gasteiger partial charge on any atom is -0.497 e. The zero-order chi connectivity index (χ0) is 22.0. The highest BCUT2D eigenvalue weighted by atomic mass is 32.2. The Morgan fingerprint density at radius 1 is 1.03 bits per heavy atom. The average Bonchev–Trinajstić information content (AvgIpc) is 3.27. The highest BCUT2D eigenvalue weighted by Crippen LogP contribution is 2.33. The number of methoxy groups -OCH3 is 1. The standard InChI is InChI=1S/C21H23N3O6S/c1-13(2)19(21-22-20(23-30-21)14-4-6-15(27-3)7-5-14)24-31(25,26)16-8-9-17-18(12-16)29-11-10-28-17/h4-9,12-13,19,24H,10-11H2,1-3H3/t19-/m0/s1. The predicted octanol–water partition coefficient (Wildman–Crippen LogP) is 3.19. The second kappa shape index (κ2) is 8.56. The second-order valence-electron chi connectivity index (χ2n) is 7.33. The topological polar surface area (TPSA) is 113 Å². The summed E-state index contributed by atoms with van der Waals surface area (Å²) in [6.07, 6.45) is 0. The highest BCUT2D eigenvalue weighted by molar-refractivity contribution is 7.89. The Morgan fingerprint density at radius 3 is 2.42 bits per heavy atom. The molecule has 0 unspecified atom stereocenters. The molecule has 1 aliphatic rings. The number of nitrogens with one attached hydrogen (secondary N) is 1. The maximum atomic E-state index is 13.0. The first kappa shape index (κ1) is 21.1. The summed E-state index contributed by atoms with van der Waals surface area (Å²) in [7, 11) is -2.29. The number of nitrogens with zero attached hydrogens (tertiary/aromatic N) is 2. The van der Waals surface area contributed by atoms with Crippen molar-refractivity contribution < 1.29 is 27.2 Å². The van der Waals surface area contributed by atoms with Crippen molar-refractivity contribution >= 4 is 10.0 Å². The van der Waals surface area contributed by atoms with E-state index in [4.69, 9.17) is 18.7 Å². The third kappa shape index (κ3) is 4.49. The molecule has 2 heterocycles. The first-order valence-electron chi connectivity index (χ1n) is 9.77. The van der Waals surface area contributed by atoms with Crippen LogP contribution in [0, 0.1) is 5.92 Å².